The predicted molar refractivity (Wildman–Crippen MR) is 69.1 cm³/mol. The van der Waals surface area contributed by atoms with E-state index in [0.717, 1.165) is 21.0 Å². The first kappa shape index (κ1) is 10.9. The summed E-state index contributed by atoms with van der Waals surface area (Å²) in [5.74, 6) is 0.455. The molecule has 0 aliphatic carbocycles. The molecule has 2 nitrogen and oxygen atoms in total. The Morgan fingerprint density at radius 3 is 3.00 bits per heavy atom. The molecule has 1 aromatic carbocycles. The zero-order valence-electron chi connectivity index (χ0n) is 7.71. The second-order valence-electron chi connectivity index (χ2n) is 2.91. The molecule has 1 aromatic heterocycles. The number of aromatic nitrogens is 1. The maximum Gasteiger partial charge on any atom is 0.187 e. The van der Waals surface area contributed by atoms with E-state index in [9.17, 15) is 0 Å². The number of rotatable bonds is 3. The van der Waals surface area contributed by atoms with Gasteiger partial charge in [-0.05, 0) is 18.2 Å². The van der Waals surface area contributed by atoms with Crippen molar-refractivity contribution in [3.63, 3.8) is 0 Å². The van der Waals surface area contributed by atoms with Crippen molar-refractivity contribution < 1.29 is 0 Å². The van der Waals surface area contributed by atoms with E-state index in [2.05, 4.69) is 26.2 Å². The van der Waals surface area contributed by atoms with Crippen LogP contribution in [0.5, 0.6) is 0 Å². The van der Waals surface area contributed by atoms with Crippen LogP contribution in [0.15, 0.2) is 34.1 Å². The van der Waals surface area contributed by atoms with Crippen LogP contribution in [0.1, 0.15) is 5.69 Å². The summed E-state index contributed by atoms with van der Waals surface area (Å²) in [5, 5.41) is 6.03. The normalized spacial score (nSPS) is 10.3. The van der Waals surface area contributed by atoms with Crippen LogP contribution >= 0.6 is 38.9 Å². The number of alkyl halides is 1. The lowest BCUT2D eigenvalue weighted by molar-refractivity contribution is 1.22. The number of nitrogens with one attached hydrogen (secondary N) is 1. The molecule has 0 aliphatic heterocycles. The lowest BCUT2D eigenvalue weighted by Gasteiger charge is -2.01. The summed E-state index contributed by atoms with van der Waals surface area (Å²) in [5.41, 5.74) is 1.92. The van der Waals surface area contributed by atoms with Gasteiger partial charge in [0.1, 0.15) is 0 Å². The molecule has 5 heteroatoms. The second kappa shape index (κ2) is 4.96. The molecule has 0 radical (unpaired) electrons. The third kappa shape index (κ3) is 2.93. The molecule has 1 N–H and O–H groups in total. The zero-order valence-corrected chi connectivity index (χ0v) is 10.9. The second-order valence-corrected chi connectivity index (χ2v) is 4.95. The molecule has 0 fully saturated rings. The molecule has 0 aliphatic rings. The molecular formula is C10H8BrClN2S. The molecule has 2 aromatic rings. The van der Waals surface area contributed by atoms with Gasteiger partial charge in [0.15, 0.2) is 5.13 Å². The molecule has 1 heterocycles. The van der Waals surface area contributed by atoms with Gasteiger partial charge in [-0.15, -0.1) is 22.9 Å². The molecule has 0 saturated heterocycles. The van der Waals surface area contributed by atoms with Crippen LogP contribution in [-0.2, 0) is 5.88 Å². The fraction of sp³-hybridized carbons (Fsp3) is 0.100. The Hall–Kier alpha value is -0.580. The number of hydrogen-bond donors (Lipinski definition) is 1. The van der Waals surface area contributed by atoms with Crippen LogP contribution in [0, 0.1) is 0 Å². The number of nitrogens with zero attached hydrogens (tertiary/aromatic N) is 1. The highest BCUT2D eigenvalue weighted by Gasteiger charge is 2.01. The van der Waals surface area contributed by atoms with Crippen molar-refractivity contribution in [1.29, 1.82) is 0 Å². The van der Waals surface area contributed by atoms with E-state index in [1.54, 1.807) is 11.3 Å². The van der Waals surface area contributed by atoms with Crippen molar-refractivity contribution in [3.8, 4) is 0 Å². The zero-order chi connectivity index (χ0) is 10.7. The highest BCUT2D eigenvalue weighted by molar-refractivity contribution is 9.10. The first-order chi connectivity index (χ1) is 7.28. The monoisotopic (exact) mass is 302 g/mol. The average molecular weight is 304 g/mol. The highest BCUT2D eigenvalue weighted by atomic mass is 79.9. The maximum atomic E-state index is 5.68. The number of hydrogen-bond acceptors (Lipinski definition) is 3. The average Bonchev–Trinajstić information content (AvgIpc) is 2.65. The molecule has 78 valence electrons. The van der Waals surface area contributed by atoms with E-state index >= 15 is 0 Å². The van der Waals surface area contributed by atoms with E-state index in [4.69, 9.17) is 11.6 Å². The Morgan fingerprint density at radius 1 is 1.47 bits per heavy atom. The van der Waals surface area contributed by atoms with Gasteiger partial charge in [0.25, 0.3) is 0 Å². The minimum atomic E-state index is 0.455. The van der Waals surface area contributed by atoms with Crippen LogP contribution in [0.3, 0.4) is 0 Å². The molecular weight excluding hydrogens is 296 g/mol. The third-order valence-electron chi connectivity index (χ3n) is 1.76. The van der Waals surface area contributed by atoms with Crippen LogP contribution in [0.4, 0.5) is 10.8 Å². The molecule has 15 heavy (non-hydrogen) atoms. The number of thiazole rings is 1. The van der Waals surface area contributed by atoms with Gasteiger partial charge in [0.05, 0.1) is 11.6 Å². The van der Waals surface area contributed by atoms with Gasteiger partial charge in [-0.25, -0.2) is 4.98 Å². The number of anilines is 2. The lowest BCUT2D eigenvalue weighted by atomic mass is 10.3. The van der Waals surface area contributed by atoms with Gasteiger partial charge in [0.2, 0.25) is 0 Å². The molecule has 0 saturated carbocycles. The minimum absolute atomic E-state index is 0.455. The molecule has 0 bridgehead atoms. The van der Waals surface area contributed by atoms with Crippen LogP contribution in [-0.4, -0.2) is 4.98 Å². The molecule has 0 amide bonds. The quantitative estimate of drug-likeness (QED) is 0.851. The molecule has 0 unspecified atom stereocenters. The topological polar surface area (TPSA) is 24.9 Å². The number of halogens is 2. The highest BCUT2D eigenvalue weighted by Crippen LogP contribution is 2.23. The Bertz CT molecular complexity index is 458. The van der Waals surface area contributed by atoms with Gasteiger partial charge in [-0.3, -0.25) is 0 Å². The Balaban J connectivity index is 2.14. The van der Waals surface area contributed by atoms with E-state index in [1.807, 2.05) is 29.6 Å². The summed E-state index contributed by atoms with van der Waals surface area (Å²) in [6.07, 6.45) is 0. The van der Waals surface area contributed by atoms with E-state index in [-0.39, 0.29) is 0 Å². The van der Waals surface area contributed by atoms with E-state index in [1.165, 1.54) is 0 Å². The smallest absolute Gasteiger partial charge is 0.187 e. The first-order valence-electron chi connectivity index (χ1n) is 4.31. The minimum Gasteiger partial charge on any atom is -0.332 e. The van der Waals surface area contributed by atoms with Crippen molar-refractivity contribution in [2.24, 2.45) is 0 Å². The van der Waals surface area contributed by atoms with Crippen molar-refractivity contribution in [1.82, 2.24) is 4.98 Å². The largest absolute Gasteiger partial charge is 0.332 e. The van der Waals surface area contributed by atoms with Gasteiger partial charge in [0, 0.05) is 15.5 Å². The van der Waals surface area contributed by atoms with Crippen molar-refractivity contribution in [2.45, 2.75) is 5.88 Å². The van der Waals surface area contributed by atoms with Gasteiger partial charge >= 0.3 is 0 Å². The Labute approximate surface area is 105 Å². The summed E-state index contributed by atoms with van der Waals surface area (Å²) >= 11 is 10.6. The van der Waals surface area contributed by atoms with Crippen LogP contribution < -0.4 is 5.32 Å². The summed E-state index contributed by atoms with van der Waals surface area (Å²) in [4.78, 5) is 4.31. The SMILES string of the molecule is ClCc1csc(Nc2cccc(Br)c2)n1. The van der Waals surface area contributed by atoms with Crippen LogP contribution in [0.25, 0.3) is 0 Å². The standard InChI is InChI=1S/C10H8BrClN2S/c11-7-2-1-3-8(4-7)13-10-14-9(5-12)6-15-10/h1-4,6H,5H2,(H,13,14). The van der Waals surface area contributed by atoms with Crippen molar-refractivity contribution >= 4 is 49.7 Å². The summed E-state index contributed by atoms with van der Waals surface area (Å²) < 4.78 is 1.04. The van der Waals surface area contributed by atoms with Gasteiger partial charge < -0.3 is 5.32 Å². The van der Waals surface area contributed by atoms with Crippen molar-refractivity contribution in [3.05, 3.63) is 39.8 Å². The van der Waals surface area contributed by atoms with Crippen LogP contribution in [0.2, 0.25) is 0 Å². The summed E-state index contributed by atoms with van der Waals surface area (Å²) in [6, 6.07) is 7.95. The Kier molecular flexibility index (Phi) is 3.61. The van der Waals surface area contributed by atoms with E-state index < -0.39 is 0 Å². The first-order valence-corrected chi connectivity index (χ1v) is 6.51. The molecule has 0 atom stereocenters. The predicted octanol–water partition coefficient (Wildman–Crippen LogP) is 4.39. The van der Waals surface area contributed by atoms with E-state index in [0.29, 0.717) is 5.88 Å². The number of benzene rings is 1. The fourth-order valence-corrected chi connectivity index (χ4v) is 2.47. The van der Waals surface area contributed by atoms with Crippen molar-refractivity contribution in [2.75, 3.05) is 5.32 Å². The Morgan fingerprint density at radius 2 is 2.33 bits per heavy atom. The van der Waals surface area contributed by atoms with Gasteiger partial charge in [-0.1, -0.05) is 22.0 Å². The maximum absolute atomic E-state index is 5.68. The fourth-order valence-electron chi connectivity index (χ4n) is 1.12. The lowest BCUT2D eigenvalue weighted by Crippen LogP contribution is -1.89. The third-order valence-corrected chi connectivity index (χ3v) is 3.34. The molecule has 2 rings (SSSR count). The summed E-state index contributed by atoms with van der Waals surface area (Å²) in [6.45, 7) is 0. The van der Waals surface area contributed by atoms with Gasteiger partial charge in [-0.2, -0.15) is 0 Å². The molecule has 0 spiro atoms. The summed E-state index contributed by atoms with van der Waals surface area (Å²) in [7, 11) is 0.